The summed E-state index contributed by atoms with van der Waals surface area (Å²) in [6.45, 7) is 1.41. The molecule has 0 saturated heterocycles. The lowest BCUT2D eigenvalue weighted by atomic mass is 9.76. The number of carbonyl (C=O) groups is 2. The molecule has 1 aromatic carbocycles. The van der Waals surface area contributed by atoms with E-state index in [1.165, 1.54) is 25.1 Å². The number of aromatic hydroxyl groups is 1. The first-order chi connectivity index (χ1) is 10.8. The van der Waals surface area contributed by atoms with Gasteiger partial charge in [-0.3, -0.25) is 4.79 Å². The zero-order valence-electron chi connectivity index (χ0n) is 12.7. The van der Waals surface area contributed by atoms with E-state index in [9.17, 15) is 14.7 Å². The van der Waals surface area contributed by atoms with Crippen LogP contribution in [0.1, 0.15) is 22.8 Å². The minimum absolute atomic E-state index is 0.0926. The molecule has 0 bridgehead atoms. The molecule has 0 aromatic heterocycles. The molecule has 9 nitrogen and oxygen atoms in total. The molecule has 0 saturated carbocycles. The second-order valence-electron chi connectivity index (χ2n) is 4.49. The molecule has 126 valence electrons. The highest BCUT2D eigenvalue weighted by molar-refractivity contribution is 6.43. The summed E-state index contributed by atoms with van der Waals surface area (Å²) in [5, 5.41) is 49.5. The van der Waals surface area contributed by atoms with E-state index in [-0.39, 0.29) is 23.4 Å². The average molecular weight is 326 g/mol. The van der Waals surface area contributed by atoms with E-state index in [0.29, 0.717) is 11.8 Å². The Hall–Kier alpha value is -2.43. The third-order valence-corrected chi connectivity index (χ3v) is 2.85. The van der Waals surface area contributed by atoms with Crippen molar-refractivity contribution in [2.45, 2.75) is 19.3 Å². The van der Waals surface area contributed by atoms with Crippen LogP contribution in [0.4, 0.5) is 0 Å². The lowest BCUT2D eigenvalue weighted by molar-refractivity contribution is -0.102. The summed E-state index contributed by atoms with van der Waals surface area (Å²) < 4.78 is 0. The molecule has 0 spiro atoms. The van der Waals surface area contributed by atoms with E-state index in [0.717, 1.165) is 0 Å². The minimum Gasteiger partial charge on any atom is -0.507 e. The van der Waals surface area contributed by atoms with Gasteiger partial charge >= 0.3 is 13.1 Å². The Kier molecular flexibility index (Phi) is 9.24. The topological polar surface area (TPSA) is 160 Å². The van der Waals surface area contributed by atoms with Gasteiger partial charge in [0.2, 0.25) is 0 Å². The number of likely N-dealkylation sites (N-methyl/N-ethyl adjacent to an activating group) is 1. The maximum absolute atomic E-state index is 10.8. The Bertz CT molecular complexity index is 563. The van der Waals surface area contributed by atoms with Gasteiger partial charge in [0.1, 0.15) is 17.0 Å². The molecule has 1 aromatic rings. The smallest absolute Gasteiger partial charge is 0.469 e. The Morgan fingerprint density at radius 3 is 2.39 bits per heavy atom. The van der Waals surface area contributed by atoms with E-state index in [1.807, 2.05) is 0 Å². The van der Waals surface area contributed by atoms with E-state index in [4.69, 9.17) is 20.4 Å². The Labute approximate surface area is 133 Å². The molecular formula is C13H19BN2O7. The number of carboxylic acids is 1. The molecule has 0 aliphatic rings. The first kappa shape index (κ1) is 20.6. The van der Waals surface area contributed by atoms with Gasteiger partial charge in [0.05, 0.1) is 0 Å². The molecule has 1 unspecified atom stereocenters. The number of carboxylic acid groups (broad SMARTS) is 1. The van der Waals surface area contributed by atoms with Gasteiger partial charge in [-0.2, -0.15) is 0 Å². The summed E-state index contributed by atoms with van der Waals surface area (Å²) >= 11 is 0. The van der Waals surface area contributed by atoms with Gasteiger partial charge in [0.25, 0.3) is 0 Å². The number of phenols is 1. The summed E-state index contributed by atoms with van der Waals surface area (Å²) in [5.41, 5.74) is 0.233. The van der Waals surface area contributed by atoms with Gasteiger partial charge in [-0.15, -0.1) is 0 Å². The number of para-hydroxylation sites is 1. The molecule has 0 fully saturated rings. The number of aromatic carboxylic acids is 1. The number of aldehydes is 1. The van der Waals surface area contributed by atoms with Crippen LogP contribution in [-0.2, 0) is 11.2 Å². The van der Waals surface area contributed by atoms with Crippen LogP contribution in [-0.4, -0.2) is 63.5 Å². The number of nitrogens with one attached hydrogen (secondary N) is 1. The fourth-order valence-corrected chi connectivity index (χ4v) is 1.55. The zero-order chi connectivity index (χ0) is 18.0. The predicted molar refractivity (Wildman–Crippen MR) is 82.8 cm³/mol. The second-order valence-corrected chi connectivity index (χ2v) is 4.49. The first-order valence-electron chi connectivity index (χ1n) is 6.49. The molecule has 10 heteroatoms. The SMILES string of the molecule is C/C(C=O)=N/O.CNC(Cc1cccc(C(=O)O)c1O)B(O)O. The number of nitrogens with zero attached hydrogens (tertiary/aromatic N) is 1. The van der Waals surface area contributed by atoms with Crippen molar-refractivity contribution in [3.05, 3.63) is 29.3 Å². The molecule has 0 radical (unpaired) electrons. The molecule has 1 atom stereocenters. The van der Waals surface area contributed by atoms with Crippen LogP contribution in [0.15, 0.2) is 23.4 Å². The lowest BCUT2D eigenvalue weighted by Gasteiger charge is -2.16. The number of carbonyl (C=O) groups excluding carboxylic acids is 1. The Morgan fingerprint density at radius 2 is 2.04 bits per heavy atom. The highest BCUT2D eigenvalue weighted by Crippen LogP contribution is 2.23. The van der Waals surface area contributed by atoms with Crippen molar-refractivity contribution in [1.82, 2.24) is 5.32 Å². The Balaban J connectivity index is 0.000000688. The second kappa shape index (κ2) is 10.3. The van der Waals surface area contributed by atoms with E-state index in [1.54, 1.807) is 7.05 Å². The van der Waals surface area contributed by atoms with Crippen LogP contribution in [0.25, 0.3) is 0 Å². The van der Waals surface area contributed by atoms with Crippen LogP contribution >= 0.6 is 0 Å². The van der Waals surface area contributed by atoms with Crippen molar-refractivity contribution in [3.63, 3.8) is 0 Å². The van der Waals surface area contributed by atoms with Crippen LogP contribution in [0.5, 0.6) is 5.75 Å². The number of hydrogen-bond donors (Lipinski definition) is 6. The summed E-state index contributed by atoms with van der Waals surface area (Å²) in [7, 11) is -0.0461. The summed E-state index contributed by atoms with van der Waals surface area (Å²) in [6.07, 6.45) is 0.584. The quantitative estimate of drug-likeness (QED) is 0.131. The predicted octanol–water partition coefficient (Wildman–Crippen LogP) is -0.732. The molecule has 0 heterocycles. The molecule has 0 aliphatic heterocycles. The number of hydrogen-bond acceptors (Lipinski definition) is 8. The molecule has 23 heavy (non-hydrogen) atoms. The molecular weight excluding hydrogens is 307 g/mol. The lowest BCUT2D eigenvalue weighted by Crippen LogP contribution is -2.43. The molecule has 1 rings (SSSR count). The summed E-state index contributed by atoms with van der Waals surface area (Å²) in [5.74, 6) is -2.25. The zero-order valence-corrected chi connectivity index (χ0v) is 12.7. The van der Waals surface area contributed by atoms with Crippen LogP contribution in [0.2, 0.25) is 0 Å². The van der Waals surface area contributed by atoms with Crippen LogP contribution in [0, 0.1) is 0 Å². The highest BCUT2D eigenvalue weighted by Gasteiger charge is 2.24. The molecule has 6 N–H and O–H groups in total. The summed E-state index contributed by atoms with van der Waals surface area (Å²) in [6, 6.07) is 4.31. The van der Waals surface area contributed by atoms with E-state index < -0.39 is 19.0 Å². The van der Waals surface area contributed by atoms with Gasteiger partial charge < -0.3 is 30.8 Å². The first-order valence-corrected chi connectivity index (χ1v) is 6.49. The third kappa shape index (κ3) is 6.91. The number of benzene rings is 1. The molecule has 0 amide bonds. The third-order valence-electron chi connectivity index (χ3n) is 2.85. The number of rotatable bonds is 6. The highest BCUT2D eigenvalue weighted by atomic mass is 16.4. The Morgan fingerprint density at radius 1 is 1.43 bits per heavy atom. The normalized spacial score (nSPS) is 11.9. The van der Waals surface area contributed by atoms with Crippen molar-refractivity contribution < 1.29 is 35.1 Å². The van der Waals surface area contributed by atoms with Crippen molar-refractivity contribution in [2.24, 2.45) is 5.16 Å². The molecule has 0 aliphatic carbocycles. The fourth-order valence-electron chi connectivity index (χ4n) is 1.55. The largest absolute Gasteiger partial charge is 0.507 e. The van der Waals surface area contributed by atoms with Crippen molar-refractivity contribution >= 4 is 25.1 Å². The standard InChI is InChI=1S/C10H14BNO5.C3H5NO2/c1-12-8(11(16)17)5-6-3-2-4-7(9(6)13)10(14)15;1-3(2-5)4-6/h2-4,8,12-13,16-17H,5H2,1H3,(H,14,15);2,6H,1H3/b;4-3-. The van der Waals surface area contributed by atoms with Gasteiger partial charge in [-0.1, -0.05) is 17.3 Å². The monoisotopic (exact) mass is 326 g/mol. The number of oxime groups is 1. The van der Waals surface area contributed by atoms with Crippen molar-refractivity contribution in [3.8, 4) is 5.75 Å². The van der Waals surface area contributed by atoms with Gasteiger partial charge in [0.15, 0.2) is 6.29 Å². The van der Waals surface area contributed by atoms with Gasteiger partial charge in [-0.25, -0.2) is 4.79 Å². The maximum Gasteiger partial charge on any atom is 0.469 e. The van der Waals surface area contributed by atoms with Crippen molar-refractivity contribution in [2.75, 3.05) is 7.05 Å². The van der Waals surface area contributed by atoms with Gasteiger partial charge in [-0.05, 0) is 32.0 Å². The van der Waals surface area contributed by atoms with Gasteiger partial charge in [0, 0.05) is 5.94 Å². The van der Waals surface area contributed by atoms with Crippen LogP contribution in [0.3, 0.4) is 0 Å². The minimum atomic E-state index is -1.59. The van der Waals surface area contributed by atoms with Crippen LogP contribution < -0.4 is 5.32 Å². The summed E-state index contributed by atoms with van der Waals surface area (Å²) in [4.78, 5) is 20.2. The van der Waals surface area contributed by atoms with Crippen molar-refractivity contribution in [1.29, 1.82) is 0 Å². The maximum atomic E-state index is 10.8. The van der Waals surface area contributed by atoms with E-state index >= 15 is 0 Å². The fraction of sp³-hybridized carbons (Fsp3) is 0.308. The average Bonchev–Trinajstić information content (AvgIpc) is 2.53. The van der Waals surface area contributed by atoms with E-state index in [2.05, 4.69) is 10.5 Å².